The van der Waals surface area contributed by atoms with E-state index in [1.54, 1.807) is 51.9 Å². The van der Waals surface area contributed by atoms with Crippen molar-refractivity contribution in [1.82, 2.24) is 19.6 Å². The molecule has 0 bridgehead atoms. The van der Waals surface area contributed by atoms with Crippen LogP contribution in [0.1, 0.15) is 23.0 Å². The zero-order chi connectivity index (χ0) is 20.8. The third kappa shape index (κ3) is 4.92. The van der Waals surface area contributed by atoms with Crippen molar-refractivity contribution in [2.45, 2.75) is 13.8 Å². The summed E-state index contributed by atoms with van der Waals surface area (Å²) in [6.07, 6.45) is 1.33. The maximum atomic E-state index is 12.3. The number of aryl methyl sites for hydroxylation is 1. The number of benzene rings is 1. The summed E-state index contributed by atoms with van der Waals surface area (Å²) in [5.74, 6) is -0.849. The number of piperazine rings is 1. The van der Waals surface area contributed by atoms with Crippen molar-refractivity contribution in [3.8, 4) is 5.69 Å². The summed E-state index contributed by atoms with van der Waals surface area (Å²) in [6.45, 7) is 5.22. The van der Waals surface area contributed by atoms with Gasteiger partial charge in [-0.1, -0.05) is 0 Å². The fraction of sp³-hybridized carbons (Fsp3) is 0.400. The average Bonchev–Trinajstić information content (AvgIpc) is 3.18. The average molecular weight is 400 g/mol. The summed E-state index contributed by atoms with van der Waals surface area (Å²) in [4.78, 5) is 39.3. The first kappa shape index (κ1) is 20.4. The number of carbonyl (C=O) groups is 3. The van der Waals surface area contributed by atoms with Gasteiger partial charge in [-0.2, -0.15) is 5.10 Å². The Morgan fingerprint density at radius 1 is 0.966 bits per heavy atom. The minimum Gasteiger partial charge on any atom is -0.452 e. The summed E-state index contributed by atoms with van der Waals surface area (Å²) in [5, 5.41) is 4.22. The second kappa shape index (κ2) is 9.22. The Morgan fingerprint density at radius 2 is 1.62 bits per heavy atom. The molecule has 0 spiro atoms. The van der Waals surface area contributed by atoms with Gasteiger partial charge in [-0.3, -0.25) is 4.79 Å². The van der Waals surface area contributed by atoms with E-state index in [0.717, 1.165) is 11.4 Å². The highest BCUT2D eigenvalue weighted by atomic mass is 16.6. The van der Waals surface area contributed by atoms with Crippen LogP contribution in [0.3, 0.4) is 0 Å². The fourth-order valence-corrected chi connectivity index (χ4v) is 3.03. The summed E-state index contributed by atoms with van der Waals surface area (Å²) in [6, 6.07) is 8.71. The van der Waals surface area contributed by atoms with Gasteiger partial charge in [0.2, 0.25) is 0 Å². The molecule has 0 radical (unpaired) electrons. The Morgan fingerprint density at radius 3 is 2.21 bits per heavy atom. The van der Waals surface area contributed by atoms with Crippen LogP contribution in [0.15, 0.2) is 36.5 Å². The molecule has 0 N–H and O–H groups in total. The quantitative estimate of drug-likeness (QED) is 0.709. The summed E-state index contributed by atoms with van der Waals surface area (Å²) in [7, 11) is 0. The van der Waals surface area contributed by atoms with Crippen molar-refractivity contribution >= 4 is 18.0 Å². The molecule has 0 aliphatic carbocycles. The van der Waals surface area contributed by atoms with Gasteiger partial charge in [-0.25, -0.2) is 14.3 Å². The number of aromatic nitrogens is 2. The molecule has 1 saturated heterocycles. The van der Waals surface area contributed by atoms with Crippen LogP contribution in [-0.2, 0) is 14.3 Å². The molecule has 1 aromatic heterocycles. The van der Waals surface area contributed by atoms with Crippen LogP contribution in [0, 0.1) is 6.92 Å². The third-order valence-corrected chi connectivity index (χ3v) is 4.66. The highest BCUT2D eigenvalue weighted by Crippen LogP contribution is 2.12. The van der Waals surface area contributed by atoms with Crippen LogP contribution in [0.2, 0.25) is 0 Å². The molecule has 1 aliphatic heterocycles. The van der Waals surface area contributed by atoms with Crippen LogP contribution in [0.25, 0.3) is 5.69 Å². The fourth-order valence-electron chi connectivity index (χ4n) is 3.03. The van der Waals surface area contributed by atoms with E-state index >= 15 is 0 Å². The SMILES string of the molecule is CCOC(=O)N1CCN(C(=O)COC(=O)c2ccc(-n3nccc3C)cc2)CC1. The number of rotatable bonds is 5. The van der Waals surface area contributed by atoms with Gasteiger partial charge in [0.15, 0.2) is 6.61 Å². The number of hydrogen-bond acceptors (Lipinski definition) is 6. The second-order valence-corrected chi connectivity index (χ2v) is 6.57. The molecule has 1 aromatic carbocycles. The number of amides is 2. The molecule has 9 heteroatoms. The molecule has 3 rings (SSSR count). The van der Waals surface area contributed by atoms with Gasteiger partial charge in [0.05, 0.1) is 17.9 Å². The van der Waals surface area contributed by atoms with Gasteiger partial charge in [0, 0.05) is 38.1 Å². The largest absolute Gasteiger partial charge is 0.452 e. The zero-order valence-corrected chi connectivity index (χ0v) is 16.5. The lowest BCUT2D eigenvalue weighted by molar-refractivity contribution is -0.136. The maximum Gasteiger partial charge on any atom is 0.409 e. The minimum absolute atomic E-state index is 0.286. The van der Waals surface area contributed by atoms with E-state index < -0.39 is 5.97 Å². The van der Waals surface area contributed by atoms with Crippen molar-refractivity contribution < 1.29 is 23.9 Å². The summed E-state index contributed by atoms with van der Waals surface area (Å²) < 4.78 is 11.9. The van der Waals surface area contributed by atoms with Crippen LogP contribution < -0.4 is 0 Å². The molecule has 0 saturated carbocycles. The van der Waals surface area contributed by atoms with Gasteiger partial charge in [-0.15, -0.1) is 0 Å². The topological polar surface area (TPSA) is 94.0 Å². The van der Waals surface area contributed by atoms with Crippen LogP contribution in [0.4, 0.5) is 4.79 Å². The van der Waals surface area contributed by atoms with E-state index in [1.165, 1.54) is 0 Å². The molecule has 154 valence electrons. The van der Waals surface area contributed by atoms with E-state index in [1.807, 2.05) is 13.0 Å². The van der Waals surface area contributed by atoms with Crippen molar-refractivity contribution in [3.63, 3.8) is 0 Å². The molecule has 29 heavy (non-hydrogen) atoms. The van der Waals surface area contributed by atoms with Gasteiger partial charge < -0.3 is 19.3 Å². The zero-order valence-electron chi connectivity index (χ0n) is 16.5. The predicted octanol–water partition coefficient (Wildman–Crippen LogP) is 1.64. The Kier molecular flexibility index (Phi) is 6.48. The molecular weight excluding hydrogens is 376 g/mol. The molecule has 1 fully saturated rings. The highest BCUT2D eigenvalue weighted by molar-refractivity contribution is 5.91. The lowest BCUT2D eigenvalue weighted by Crippen LogP contribution is -2.51. The third-order valence-electron chi connectivity index (χ3n) is 4.66. The minimum atomic E-state index is -0.563. The molecule has 0 unspecified atom stereocenters. The standard InChI is InChI=1S/C20H24N4O5/c1-3-28-20(27)23-12-10-22(11-13-23)18(25)14-29-19(26)16-4-6-17(7-5-16)24-15(2)8-9-21-24/h4-9H,3,10-14H2,1-2H3. The van der Waals surface area contributed by atoms with Crippen molar-refractivity contribution in [2.24, 2.45) is 0 Å². The van der Waals surface area contributed by atoms with Crippen molar-refractivity contribution in [3.05, 3.63) is 47.8 Å². The monoisotopic (exact) mass is 400 g/mol. The van der Waals surface area contributed by atoms with Gasteiger partial charge >= 0.3 is 12.1 Å². The number of carbonyl (C=O) groups excluding carboxylic acids is 3. The first-order chi connectivity index (χ1) is 14.0. The first-order valence-electron chi connectivity index (χ1n) is 9.47. The van der Waals surface area contributed by atoms with Gasteiger partial charge in [0.25, 0.3) is 5.91 Å². The Labute approximate surface area is 168 Å². The molecule has 0 atom stereocenters. The molecule has 2 amide bonds. The van der Waals surface area contributed by atoms with Crippen molar-refractivity contribution in [2.75, 3.05) is 39.4 Å². The van der Waals surface area contributed by atoms with Crippen LogP contribution in [0.5, 0.6) is 0 Å². The van der Waals surface area contributed by atoms with Gasteiger partial charge in [-0.05, 0) is 44.2 Å². The Balaban J connectivity index is 1.47. The number of nitrogens with zero attached hydrogens (tertiary/aromatic N) is 4. The highest BCUT2D eigenvalue weighted by Gasteiger charge is 2.25. The number of esters is 1. The molecular formula is C20H24N4O5. The summed E-state index contributed by atoms with van der Waals surface area (Å²) >= 11 is 0. The molecule has 2 aromatic rings. The number of ether oxygens (including phenoxy) is 2. The summed E-state index contributed by atoms with van der Waals surface area (Å²) in [5.41, 5.74) is 2.17. The lowest BCUT2D eigenvalue weighted by Gasteiger charge is -2.33. The predicted molar refractivity (Wildman–Crippen MR) is 104 cm³/mol. The van der Waals surface area contributed by atoms with E-state index in [2.05, 4.69) is 5.10 Å². The van der Waals surface area contributed by atoms with E-state index in [9.17, 15) is 14.4 Å². The molecule has 1 aliphatic rings. The van der Waals surface area contributed by atoms with E-state index in [-0.39, 0.29) is 18.6 Å². The molecule has 9 nitrogen and oxygen atoms in total. The van der Waals surface area contributed by atoms with Gasteiger partial charge in [0.1, 0.15) is 0 Å². The molecule has 2 heterocycles. The normalized spacial score (nSPS) is 13.9. The van der Waals surface area contributed by atoms with Crippen LogP contribution >= 0.6 is 0 Å². The van der Waals surface area contributed by atoms with Crippen molar-refractivity contribution in [1.29, 1.82) is 0 Å². The smallest absolute Gasteiger partial charge is 0.409 e. The maximum absolute atomic E-state index is 12.3. The number of hydrogen-bond donors (Lipinski definition) is 0. The first-order valence-corrected chi connectivity index (χ1v) is 9.47. The van der Waals surface area contributed by atoms with Crippen LogP contribution in [-0.4, -0.2) is 76.9 Å². The second-order valence-electron chi connectivity index (χ2n) is 6.57. The Hall–Kier alpha value is -3.36. The van der Waals surface area contributed by atoms with E-state index in [4.69, 9.17) is 9.47 Å². The lowest BCUT2D eigenvalue weighted by atomic mass is 10.2. The van der Waals surface area contributed by atoms with E-state index in [0.29, 0.717) is 38.3 Å². The Bertz CT molecular complexity index is 869.